The molecule has 0 saturated carbocycles. The molecule has 3 aromatic rings. The van der Waals surface area contributed by atoms with Crippen molar-refractivity contribution in [2.75, 3.05) is 38.2 Å². The maximum Gasteiger partial charge on any atom is 0.276 e. The third kappa shape index (κ3) is 7.00. The van der Waals surface area contributed by atoms with Crippen molar-refractivity contribution in [3.05, 3.63) is 82.1 Å². The fourth-order valence-corrected chi connectivity index (χ4v) is 4.32. The number of hydrogen-bond acceptors (Lipinski definition) is 6. The first-order chi connectivity index (χ1) is 17.8. The Morgan fingerprint density at radius 1 is 1.14 bits per heavy atom. The average Bonchev–Trinajstić information content (AvgIpc) is 3.36. The molecule has 3 N–H and O–H groups in total. The van der Waals surface area contributed by atoms with Crippen molar-refractivity contribution in [2.24, 2.45) is 0 Å². The van der Waals surface area contributed by atoms with Gasteiger partial charge in [-0.3, -0.25) is 19.3 Å². The first-order valence-electron chi connectivity index (χ1n) is 11.8. The Morgan fingerprint density at radius 2 is 1.86 bits per heavy atom. The Labute approximate surface area is 218 Å². The average molecular weight is 528 g/mol. The lowest BCUT2D eigenvalue weighted by atomic mass is 10.0. The van der Waals surface area contributed by atoms with Crippen LogP contribution in [0.2, 0.25) is 5.02 Å². The van der Waals surface area contributed by atoms with Crippen LogP contribution in [-0.4, -0.2) is 71.4 Å². The number of Topliss-reactive ketones (excluding diaryl/α,β-unsaturated/α-hetero) is 1. The third-order valence-corrected chi connectivity index (χ3v) is 6.22. The number of carbonyl (C=O) groups is 3. The largest absolute Gasteiger partial charge is 0.379 e. The fraction of sp³-hybridized carbons (Fsp3) is 0.308. The van der Waals surface area contributed by atoms with E-state index in [0.717, 1.165) is 19.2 Å². The van der Waals surface area contributed by atoms with Crippen LogP contribution in [0.4, 0.5) is 10.1 Å². The number of imidazole rings is 1. The molecule has 194 valence electrons. The van der Waals surface area contributed by atoms with Gasteiger partial charge in [-0.05, 0) is 42.8 Å². The number of morpholine rings is 1. The number of anilines is 1. The summed E-state index contributed by atoms with van der Waals surface area (Å²) in [7, 11) is 0. The summed E-state index contributed by atoms with van der Waals surface area (Å²) >= 11 is 5.98. The molecule has 0 spiro atoms. The summed E-state index contributed by atoms with van der Waals surface area (Å²) in [4.78, 5) is 47.1. The van der Waals surface area contributed by atoms with Crippen molar-refractivity contribution >= 4 is 34.9 Å². The van der Waals surface area contributed by atoms with Crippen molar-refractivity contribution in [1.29, 1.82) is 0 Å². The number of benzene rings is 2. The number of H-pyrrole nitrogens is 1. The highest BCUT2D eigenvalue weighted by Gasteiger charge is 2.23. The van der Waals surface area contributed by atoms with Crippen molar-refractivity contribution in [3.8, 4) is 0 Å². The standard InChI is InChI=1S/C26H27ClFN5O4/c1-16(14-33-8-10-37-11-9-33)31-25(35)23-24(30-15-29-23)26(36)32-19-5-2-17(3-6-19)12-22(34)20-7-4-18(28)13-21(20)27/h2-7,13,15-16H,8-12,14H2,1H3,(H,29,30)(H,31,35)(H,32,36). The van der Waals surface area contributed by atoms with Crippen LogP contribution in [-0.2, 0) is 11.2 Å². The molecule has 1 fully saturated rings. The molecule has 37 heavy (non-hydrogen) atoms. The third-order valence-electron chi connectivity index (χ3n) is 5.90. The molecule has 4 rings (SSSR count). The lowest BCUT2D eigenvalue weighted by Crippen LogP contribution is -2.46. The first kappa shape index (κ1) is 26.5. The zero-order valence-electron chi connectivity index (χ0n) is 20.2. The van der Waals surface area contributed by atoms with E-state index in [1.54, 1.807) is 24.3 Å². The van der Waals surface area contributed by atoms with Gasteiger partial charge in [-0.25, -0.2) is 9.37 Å². The van der Waals surface area contributed by atoms with Crippen LogP contribution in [0.1, 0.15) is 43.8 Å². The van der Waals surface area contributed by atoms with E-state index in [2.05, 4.69) is 25.5 Å². The first-order valence-corrected chi connectivity index (χ1v) is 12.2. The van der Waals surface area contributed by atoms with Gasteiger partial charge in [-0.2, -0.15) is 0 Å². The highest BCUT2D eigenvalue weighted by Crippen LogP contribution is 2.20. The van der Waals surface area contributed by atoms with Gasteiger partial charge in [-0.15, -0.1) is 0 Å². The van der Waals surface area contributed by atoms with Gasteiger partial charge in [0.2, 0.25) is 0 Å². The minimum absolute atomic E-state index is 0.0266. The van der Waals surface area contributed by atoms with Crippen molar-refractivity contribution in [1.82, 2.24) is 20.2 Å². The van der Waals surface area contributed by atoms with Gasteiger partial charge in [0.25, 0.3) is 11.8 Å². The number of ketones is 1. The van der Waals surface area contributed by atoms with Gasteiger partial charge in [-0.1, -0.05) is 23.7 Å². The second-order valence-electron chi connectivity index (χ2n) is 8.79. The van der Waals surface area contributed by atoms with Crippen LogP contribution in [0.3, 0.4) is 0 Å². The normalized spacial score (nSPS) is 14.7. The summed E-state index contributed by atoms with van der Waals surface area (Å²) in [5.41, 5.74) is 1.45. The van der Waals surface area contributed by atoms with Gasteiger partial charge in [0.1, 0.15) is 11.5 Å². The lowest BCUT2D eigenvalue weighted by Gasteiger charge is -2.29. The van der Waals surface area contributed by atoms with E-state index < -0.39 is 17.6 Å². The van der Waals surface area contributed by atoms with Gasteiger partial charge < -0.3 is 20.4 Å². The van der Waals surface area contributed by atoms with E-state index in [-0.39, 0.29) is 40.2 Å². The molecule has 0 aliphatic carbocycles. The molecule has 1 atom stereocenters. The minimum Gasteiger partial charge on any atom is -0.379 e. The summed E-state index contributed by atoms with van der Waals surface area (Å²) in [6.45, 7) is 5.54. The van der Waals surface area contributed by atoms with Gasteiger partial charge in [0.15, 0.2) is 11.5 Å². The molecular weight excluding hydrogens is 501 g/mol. The molecule has 2 amide bonds. The van der Waals surface area contributed by atoms with Crippen LogP contribution in [0.25, 0.3) is 0 Å². The van der Waals surface area contributed by atoms with Gasteiger partial charge >= 0.3 is 0 Å². The molecule has 2 aromatic carbocycles. The van der Waals surface area contributed by atoms with E-state index in [0.29, 0.717) is 31.0 Å². The predicted molar refractivity (Wildman–Crippen MR) is 137 cm³/mol. The number of aromatic nitrogens is 2. The Bertz CT molecular complexity index is 1270. The summed E-state index contributed by atoms with van der Waals surface area (Å²) in [5, 5.41) is 5.67. The monoisotopic (exact) mass is 527 g/mol. The highest BCUT2D eigenvalue weighted by atomic mass is 35.5. The zero-order valence-corrected chi connectivity index (χ0v) is 21.0. The van der Waals surface area contributed by atoms with Crippen LogP contribution in [0.15, 0.2) is 48.8 Å². The molecule has 1 aliphatic heterocycles. The summed E-state index contributed by atoms with van der Waals surface area (Å²) in [6.07, 6.45) is 1.36. The number of halogens is 2. The topological polar surface area (TPSA) is 116 Å². The quantitative estimate of drug-likeness (QED) is 0.368. The van der Waals surface area contributed by atoms with Crippen LogP contribution in [0.5, 0.6) is 0 Å². The summed E-state index contributed by atoms with van der Waals surface area (Å²) in [5.74, 6) is -1.73. The number of aromatic amines is 1. The zero-order chi connectivity index (χ0) is 26.4. The smallest absolute Gasteiger partial charge is 0.276 e. The van der Waals surface area contributed by atoms with Crippen LogP contribution >= 0.6 is 11.6 Å². The van der Waals surface area contributed by atoms with Crippen molar-refractivity contribution in [2.45, 2.75) is 19.4 Å². The Balaban J connectivity index is 1.33. The highest BCUT2D eigenvalue weighted by molar-refractivity contribution is 6.34. The molecule has 0 bridgehead atoms. The molecule has 1 aromatic heterocycles. The number of nitrogens with zero attached hydrogens (tertiary/aromatic N) is 2. The van der Waals surface area contributed by atoms with E-state index in [1.165, 1.54) is 18.5 Å². The Kier molecular flexibility index (Phi) is 8.65. The minimum atomic E-state index is -0.547. The van der Waals surface area contributed by atoms with Gasteiger partial charge in [0, 0.05) is 43.3 Å². The predicted octanol–water partition coefficient (Wildman–Crippen LogP) is 3.33. The van der Waals surface area contributed by atoms with Crippen molar-refractivity contribution < 1.29 is 23.5 Å². The molecule has 1 saturated heterocycles. The molecule has 9 nitrogen and oxygen atoms in total. The van der Waals surface area contributed by atoms with E-state index in [1.807, 2.05) is 6.92 Å². The summed E-state index contributed by atoms with van der Waals surface area (Å²) in [6, 6.07) is 10.2. The van der Waals surface area contributed by atoms with Gasteiger partial charge in [0.05, 0.1) is 24.6 Å². The second kappa shape index (κ2) is 12.1. The molecule has 1 aliphatic rings. The Hall–Kier alpha value is -3.60. The molecule has 11 heteroatoms. The van der Waals surface area contributed by atoms with Crippen LogP contribution < -0.4 is 10.6 Å². The Morgan fingerprint density at radius 3 is 2.57 bits per heavy atom. The number of nitrogens with one attached hydrogen (secondary N) is 3. The number of carbonyl (C=O) groups excluding carboxylic acids is 3. The number of hydrogen-bond donors (Lipinski definition) is 3. The van der Waals surface area contributed by atoms with E-state index in [9.17, 15) is 18.8 Å². The van der Waals surface area contributed by atoms with E-state index >= 15 is 0 Å². The lowest BCUT2D eigenvalue weighted by molar-refractivity contribution is 0.0342. The van der Waals surface area contributed by atoms with Crippen LogP contribution in [0, 0.1) is 5.82 Å². The summed E-state index contributed by atoms with van der Waals surface area (Å²) < 4.78 is 18.6. The second-order valence-corrected chi connectivity index (χ2v) is 9.20. The maximum atomic E-state index is 13.2. The molecular formula is C26H27ClFN5O4. The van der Waals surface area contributed by atoms with Crippen molar-refractivity contribution in [3.63, 3.8) is 0 Å². The molecule has 1 unspecified atom stereocenters. The number of ether oxygens (including phenoxy) is 1. The fourth-order valence-electron chi connectivity index (χ4n) is 4.04. The maximum absolute atomic E-state index is 13.2. The van der Waals surface area contributed by atoms with E-state index in [4.69, 9.17) is 16.3 Å². The molecule has 2 heterocycles. The number of rotatable bonds is 9. The molecule has 0 radical (unpaired) electrons. The SMILES string of the molecule is CC(CN1CCOCC1)NC(=O)c1[nH]cnc1C(=O)Nc1ccc(CC(=O)c2ccc(F)cc2Cl)cc1. The number of amides is 2.